The molecular weight excluding hydrogens is 234 g/mol. The van der Waals surface area contributed by atoms with Gasteiger partial charge >= 0.3 is 0 Å². The molecule has 19 heavy (non-hydrogen) atoms. The number of hydrogen-bond acceptors (Lipinski definition) is 3. The summed E-state index contributed by atoms with van der Waals surface area (Å²) in [5.74, 6) is 0. The van der Waals surface area contributed by atoms with Crippen LogP contribution in [-0.2, 0) is 6.54 Å². The Morgan fingerprint density at radius 3 is 2.74 bits per heavy atom. The van der Waals surface area contributed by atoms with E-state index in [4.69, 9.17) is 0 Å². The van der Waals surface area contributed by atoms with Crippen molar-refractivity contribution in [2.24, 2.45) is 0 Å². The van der Waals surface area contributed by atoms with Gasteiger partial charge in [0.2, 0.25) is 0 Å². The maximum Gasteiger partial charge on any atom is 0.0364 e. The van der Waals surface area contributed by atoms with E-state index in [1.807, 2.05) is 0 Å². The first-order valence-corrected chi connectivity index (χ1v) is 7.63. The van der Waals surface area contributed by atoms with Gasteiger partial charge in [0.15, 0.2) is 0 Å². The van der Waals surface area contributed by atoms with Gasteiger partial charge in [-0.1, -0.05) is 31.2 Å². The lowest BCUT2D eigenvalue weighted by Crippen LogP contribution is -2.47. The van der Waals surface area contributed by atoms with Crippen LogP contribution in [0.2, 0.25) is 0 Å². The maximum atomic E-state index is 3.56. The zero-order chi connectivity index (χ0) is 13.1. The highest BCUT2D eigenvalue weighted by molar-refractivity contribution is 5.31. The SMILES string of the molecule is CCN1CCN(C2CCNCc3ccccc32)CC1. The zero-order valence-electron chi connectivity index (χ0n) is 11.9. The molecule has 2 heterocycles. The van der Waals surface area contributed by atoms with Gasteiger partial charge in [-0.15, -0.1) is 0 Å². The van der Waals surface area contributed by atoms with Gasteiger partial charge < -0.3 is 10.2 Å². The number of fused-ring (bicyclic) bond motifs is 1. The van der Waals surface area contributed by atoms with E-state index in [0.717, 1.165) is 13.1 Å². The summed E-state index contributed by atoms with van der Waals surface area (Å²) < 4.78 is 0. The molecule has 3 nitrogen and oxygen atoms in total. The average molecular weight is 259 g/mol. The second-order valence-electron chi connectivity index (χ2n) is 5.65. The molecule has 0 radical (unpaired) electrons. The molecular formula is C16H25N3. The summed E-state index contributed by atoms with van der Waals surface area (Å²) in [5, 5.41) is 3.56. The van der Waals surface area contributed by atoms with Crippen molar-refractivity contribution in [1.29, 1.82) is 0 Å². The third-order valence-corrected chi connectivity index (χ3v) is 4.62. The first-order chi connectivity index (χ1) is 9.38. The average Bonchev–Trinajstić information content (AvgIpc) is 2.70. The Morgan fingerprint density at radius 2 is 1.95 bits per heavy atom. The van der Waals surface area contributed by atoms with Crippen molar-refractivity contribution in [2.45, 2.75) is 25.9 Å². The van der Waals surface area contributed by atoms with Crippen LogP contribution in [0.3, 0.4) is 0 Å². The second kappa shape index (κ2) is 6.04. The molecule has 2 aliphatic rings. The van der Waals surface area contributed by atoms with Gasteiger partial charge in [0.1, 0.15) is 0 Å². The van der Waals surface area contributed by atoms with Crippen LogP contribution in [0.4, 0.5) is 0 Å². The van der Waals surface area contributed by atoms with E-state index >= 15 is 0 Å². The molecule has 0 aromatic heterocycles. The molecule has 0 saturated carbocycles. The van der Waals surface area contributed by atoms with Crippen LogP contribution in [0.5, 0.6) is 0 Å². The minimum Gasteiger partial charge on any atom is -0.313 e. The number of piperazine rings is 1. The highest BCUT2D eigenvalue weighted by Crippen LogP contribution is 2.29. The minimum atomic E-state index is 0.616. The Hall–Kier alpha value is -0.900. The fraction of sp³-hybridized carbons (Fsp3) is 0.625. The summed E-state index contributed by atoms with van der Waals surface area (Å²) in [6.07, 6.45) is 1.24. The summed E-state index contributed by atoms with van der Waals surface area (Å²) >= 11 is 0. The molecule has 104 valence electrons. The molecule has 1 atom stereocenters. The van der Waals surface area contributed by atoms with Gasteiger partial charge in [-0.3, -0.25) is 4.90 Å². The van der Waals surface area contributed by atoms with Crippen molar-refractivity contribution in [2.75, 3.05) is 39.3 Å². The Balaban J connectivity index is 1.77. The Bertz CT molecular complexity index is 410. The van der Waals surface area contributed by atoms with Crippen molar-refractivity contribution in [1.82, 2.24) is 15.1 Å². The lowest BCUT2D eigenvalue weighted by molar-refractivity contribution is 0.0960. The van der Waals surface area contributed by atoms with Crippen molar-refractivity contribution >= 4 is 0 Å². The summed E-state index contributed by atoms with van der Waals surface area (Å²) in [4.78, 5) is 5.25. The number of benzene rings is 1. The quantitative estimate of drug-likeness (QED) is 0.874. The molecule has 0 bridgehead atoms. The van der Waals surface area contributed by atoms with Crippen molar-refractivity contribution in [3.8, 4) is 0 Å². The summed E-state index contributed by atoms with van der Waals surface area (Å²) in [6, 6.07) is 9.59. The fourth-order valence-electron chi connectivity index (χ4n) is 3.41. The second-order valence-corrected chi connectivity index (χ2v) is 5.65. The highest BCUT2D eigenvalue weighted by Gasteiger charge is 2.26. The van der Waals surface area contributed by atoms with Gasteiger partial charge in [-0.05, 0) is 30.6 Å². The van der Waals surface area contributed by atoms with Crippen molar-refractivity contribution in [3.05, 3.63) is 35.4 Å². The zero-order valence-corrected chi connectivity index (χ0v) is 11.9. The third-order valence-electron chi connectivity index (χ3n) is 4.62. The van der Waals surface area contributed by atoms with Gasteiger partial charge in [0.05, 0.1) is 0 Å². The molecule has 0 amide bonds. The van der Waals surface area contributed by atoms with Gasteiger partial charge in [0, 0.05) is 38.8 Å². The summed E-state index contributed by atoms with van der Waals surface area (Å²) in [7, 11) is 0. The largest absolute Gasteiger partial charge is 0.313 e. The van der Waals surface area contributed by atoms with Gasteiger partial charge in [-0.2, -0.15) is 0 Å². The monoisotopic (exact) mass is 259 g/mol. The Kier molecular flexibility index (Phi) is 4.16. The van der Waals surface area contributed by atoms with Crippen molar-refractivity contribution in [3.63, 3.8) is 0 Å². The summed E-state index contributed by atoms with van der Waals surface area (Å²) in [6.45, 7) is 10.5. The molecule has 1 unspecified atom stereocenters. The van der Waals surface area contributed by atoms with E-state index in [1.54, 1.807) is 5.56 Å². The van der Waals surface area contributed by atoms with E-state index in [1.165, 1.54) is 44.7 Å². The molecule has 1 saturated heterocycles. The molecule has 2 aliphatic heterocycles. The van der Waals surface area contributed by atoms with Crippen LogP contribution < -0.4 is 5.32 Å². The minimum absolute atomic E-state index is 0.616. The smallest absolute Gasteiger partial charge is 0.0364 e. The lowest BCUT2D eigenvalue weighted by Gasteiger charge is -2.39. The van der Waals surface area contributed by atoms with Crippen molar-refractivity contribution < 1.29 is 0 Å². The van der Waals surface area contributed by atoms with Crippen LogP contribution >= 0.6 is 0 Å². The third kappa shape index (κ3) is 2.83. The maximum absolute atomic E-state index is 3.56. The first-order valence-electron chi connectivity index (χ1n) is 7.63. The number of rotatable bonds is 2. The van der Waals surface area contributed by atoms with Crippen LogP contribution in [0.15, 0.2) is 24.3 Å². The molecule has 3 rings (SSSR count). The highest BCUT2D eigenvalue weighted by atomic mass is 15.3. The van der Waals surface area contributed by atoms with Crippen LogP contribution in [0.1, 0.15) is 30.5 Å². The molecule has 3 heteroatoms. The Morgan fingerprint density at radius 1 is 1.16 bits per heavy atom. The molecule has 0 spiro atoms. The number of nitrogens with one attached hydrogen (secondary N) is 1. The van der Waals surface area contributed by atoms with E-state index in [2.05, 4.69) is 46.3 Å². The summed E-state index contributed by atoms with van der Waals surface area (Å²) in [5.41, 5.74) is 3.04. The van der Waals surface area contributed by atoms with Crippen LogP contribution in [0.25, 0.3) is 0 Å². The predicted octanol–water partition coefficient (Wildman–Crippen LogP) is 1.86. The lowest BCUT2D eigenvalue weighted by atomic mass is 9.97. The molecule has 1 aromatic rings. The standard InChI is InChI=1S/C16H25N3/c1-2-18-9-11-19(12-10-18)16-7-8-17-13-14-5-3-4-6-15(14)16/h3-6,16-17H,2,7-13H2,1H3. The number of nitrogens with zero attached hydrogens (tertiary/aromatic N) is 2. The van der Waals surface area contributed by atoms with E-state index in [0.29, 0.717) is 6.04 Å². The first kappa shape index (κ1) is 13.1. The van der Waals surface area contributed by atoms with Crippen LogP contribution in [0, 0.1) is 0 Å². The Labute approximate surface area is 116 Å². The van der Waals surface area contributed by atoms with Crippen LogP contribution in [-0.4, -0.2) is 49.1 Å². The predicted molar refractivity (Wildman–Crippen MR) is 79.2 cm³/mol. The molecule has 1 aromatic carbocycles. The van der Waals surface area contributed by atoms with E-state index in [-0.39, 0.29) is 0 Å². The molecule has 1 fully saturated rings. The number of likely N-dealkylation sites (N-methyl/N-ethyl adjacent to an activating group) is 1. The van der Waals surface area contributed by atoms with E-state index < -0.39 is 0 Å². The molecule has 0 aliphatic carbocycles. The van der Waals surface area contributed by atoms with Gasteiger partial charge in [-0.25, -0.2) is 0 Å². The normalized spacial score (nSPS) is 25.8. The van der Waals surface area contributed by atoms with E-state index in [9.17, 15) is 0 Å². The number of hydrogen-bond donors (Lipinski definition) is 1. The molecule has 1 N–H and O–H groups in total. The topological polar surface area (TPSA) is 18.5 Å². The van der Waals surface area contributed by atoms with Gasteiger partial charge in [0.25, 0.3) is 0 Å². The fourth-order valence-corrected chi connectivity index (χ4v) is 3.41.